The Labute approximate surface area is 228 Å². The van der Waals surface area contributed by atoms with E-state index in [9.17, 15) is 14.4 Å². The number of carbonyl (C=O) groups is 3. The first kappa shape index (κ1) is 26.3. The quantitative estimate of drug-likeness (QED) is 0.249. The van der Waals surface area contributed by atoms with Crippen molar-refractivity contribution >= 4 is 46.8 Å². The fourth-order valence-corrected chi connectivity index (χ4v) is 5.15. The highest BCUT2D eigenvalue weighted by Crippen LogP contribution is 2.35. The largest absolute Gasteiger partial charge is 0.388 e. The number of morpholine rings is 1. The van der Waals surface area contributed by atoms with Crippen LogP contribution in [-0.4, -0.2) is 69.8 Å². The number of anilines is 3. The molecular weight excluding hydrogens is 492 g/mol. The number of amides is 1. The van der Waals surface area contributed by atoms with Gasteiger partial charge in [0.1, 0.15) is 6.29 Å². The van der Waals surface area contributed by atoms with Crippen LogP contribution in [0, 0.1) is 0 Å². The average Bonchev–Trinajstić information content (AvgIpc) is 3.41. The summed E-state index contributed by atoms with van der Waals surface area (Å²) in [4.78, 5) is 41.0. The summed E-state index contributed by atoms with van der Waals surface area (Å²) in [7, 11) is 1.76. The van der Waals surface area contributed by atoms with Crippen LogP contribution in [0.1, 0.15) is 27.0 Å². The normalized spacial score (nSPS) is 15.8. The van der Waals surface area contributed by atoms with Crippen molar-refractivity contribution in [1.29, 1.82) is 0 Å². The van der Waals surface area contributed by atoms with E-state index in [0.29, 0.717) is 54.4 Å². The van der Waals surface area contributed by atoms with Crippen molar-refractivity contribution in [3.8, 4) is 0 Å². The Balaban J connectivity index is 1.46. The minimum Gasteiger partial charge on any atom is -0.388 e. The fraction of sp³-hybridized carbons (Fsp3) is 0.258. The number of hydrogen-bond donors (Lipinski definition) is 2. The minimum atomic E-state index is 0.0998. The van der Waals surface area contributed by atoms with Gasteiger partial charge in [0.05, 0.1) is 25.5 Å². The molecule has 3 aromatic rings. The zero-order valence-electron chi connectivity index (χ0n) is 22.0. The third-order valence-electron chi connectivity index (χ3n) is 7.20. The van der Waals surface area contributed by atoms with Crippen LogP contribution in [0.4, 0.5) is 17.1 Å². The summed E-state index contributed by atoms with van der Waals surface area (Å²) in [5, 5.41) is 6.60. The van der Waals surface area contributed by atoms with E-state index in [4.69, 9.17) is 4.74 Å². The van der Waals surface area contributed by atoms with Crippen molar-refractivity contribution in [1.82, 2.24) is 4.90 Å². The van der Waals surface area contributed by atoms with Crippen molar-refractivity contribution in [2.45, 2.75) is 6.42 Å². The average molecular weight is 525 g/mol. The molecule has 5 rings (SSSR count). The Morgan fingerprint density at radius 1 is 0.974 bits per heavy atom. The number of nitrogens with zero attached hydrogens (tertiary/aromatic N) is 2. The molecule has 0 aliphatic carbocycles. The molecule has 8 nitrogen and oxygen atoms in total. The molecule has 1 amide bonds. The maximum Gasteiger partial charge on any atom is 0.241 e. The number of benzene rings is 3. The van der Waals surface area contributed by atoms with Gasteiger partial charge >= 0.3 is 0 Å². The number of ether oxygens (including phenoxy) is 1. The molecule has 1 saturated heterocycles. The first-order valence-electron chi connectivity index (χ1n) is 13.1. The van der Waals surface area contributed by atoms with Crippen molar-refractivity contribution < 1.29 is 19.1 Å². The van der Waals surface area contributed by atoms with Gasteiger partial charge in [-0.1, -0.05) is 42.5 Å². The van der Waals surface area contributed by atoms with E-state index in [2.05, 4.69) is 21.6 Å². The van der Waals surface area contributed by atoms with Gasteiger partial charge in [0, 0.05) is 60.4 Å². The molecule has 0 radical (unpaired) electrons. The molecule has 2 heterocycles. The van der Waals surface area contributed by atoms with E-state index in [1.54, 1.807) is 25.2 Å². The monoisotopic (exact) mass is 524 g/mol. The van der Waals surface area contributed by atoms with Crippen molar-refractivity contribution in [3.63, 3.8) is 0 Å². The second kappa shape index (κ2) is 12.1. The minimum absolute atomic E-state index is 0.0998. The van der Waals surface area contributed by atoms with Crippen molar-refractivity contribution in [2.75, 3.05) is 62.0 Å². The number of rotatable bonds is 9. The topological polar surface area (TPSA) is 91.0 Å². The van der Waals surface area contributed by atoms with Gasteiger partial charge in [-0.05, 0) is 41.8 Å². The Morgan fingerprint density at radius 2 is 1.77 bits per heavy atom. The van der Waals surface area contributed by atoms with Gasteiger partial charge in [0.25, 0.3) is 0 Å². The van der Waals surface area contributed by atoms with E-state index in [1.165, 1.54) is 0 Å². The molecular formula is C31H32N4O4. The van der Waals surface area contributed by atoms with Crippen LogP contribution in [0.2, 0.25) is 0 Å². The summed E-state index contributed by atoms with van der Waals surface area (Å²) in [5.74, 6) is 0.0998. The van der Waals surface area contributed by atoms with Crippen LogP contribution in [0.3, 0.4) is 0 Å². The lowest BCUT2D eigenvalue weighted by atomic mass is 9.97. The number of hydrogen-bond acceptors (Lipinski definition) is 7. The summed E-state index contributed by atoms with van der Waals surface area (Å²) in [6.45, 7) is 3.92. The predicted molar refractivity (Wildman–Crippen MR) is 154 cm³/mol. The van der Waals surface area contributed by atoms with Gasteiger partial charge in [-0.3, -0.25) is 19.3 Å². The van der Waals surface area contributed by atoms with Gasteiger partial charge in [0.2, 0.25) is 5.91 Å². The van der Waals surface area contributed by atoms with Crippen LogP contribution in [-0.2, 0) is 20.7 Å². The maximum absolute atomic E-state index is 13.1. The lowest BCUT2D eigenvalue weighted by Gasteiger charge is -2.28. The smallest absolute Gasteiger partial charge is 0.241 e. The number of carbonyl (C=O) groups excluding carboxylic acids is 3. The summed E-state index contributed by atoms with van der Waals surface area (Å²) in [6, 6.07) is 20.9. The second-order valence-electron chi connectivity index (χ2n) is 9.60. The highest BCUT2D eigenvalue weighted by Gasteiger charge is 2.27. The molecule has 0 bridgehead atoms. The molecule has 2 N–H and O–H groups in total. The van der Waals surface area contributed by atoms with Gasteiger partial charge in [0.15, 0.2) is 6.29 Å². The van der Waals surface area contributed by atoms with E-state index in [0.717, 1.165) is 54.6 Å². The lowest BCUT2D eigenvalue weighted by Crippen LogP contribution is -2.44. The summed E-state index contributed by atoms with van der Waals surface area (Å²) in [5.41, 5.74) is 6.70. The first-order valence-corrected chi connectivity index (χ1v) is 13.1. The Kier molecular flexibility index (Phi) is 8.15. The number of nitrogens with one attached hydrogen (secondary N) is 2. The molecule has 2 aliphatic rings. The summed E-state index contributed by atoms with van der Waals surface area (Å²) >= 11 is 0. The molecule has 0 saturated carbocycles. The lowest BCUT2D eigenvalue weighted by molar-refractivity contribution is -0.120. The Morgan fingerprint density at radius 3 is 2.49 bits per heavy atom. The third-order valence-corrected chi connectivity index (χ3v) is 7.20. The standard InChI is InChI=1S/C31H32N4O4/c1-32-28-17-22(20-36)7-9-26(28)27(21-37)31(23-5-3-2-4-6-23)33-25-8-10-29-24(18-25)11-12-35(29)30(38)19-34-13-15-39-16-14-34/h2-10,17-18,20-21,32-33H,11-16,19H2,1H3/b31-27+. The number of fused-ring (bicyclic) bond motifs is 1. The Hall–Kier alpha value is -4.27. The van der Waals surface area contributed by atoms with Gasteiger partial charge in [-0.25, -0.2) is 0 Å². The zero-order valence-corrected chi connectivity index (χ0v) is 22.0. The van der Waals surface area contributed by atoms with Crippen molar-refractivity contribution in [3.05, 3.63) is 89.0 Å². The van der Waals surface area contributed by atoms with E-state index in [-0.39, 0.29) is 5.91 Å². The van der Waals surface area contributed by atoms with Gasteiger partial charge in [-0.2, -0.15) is 0 Å². The number of allylic oxidation sites excluding steroid dienone is 1. The molecule has 200 valence electrons. The van der Waals surface area contributed by atoms with Gasteiger partial charge < -0.3 is 20.3 Å². The summed E-state index contributed by atoms with van der Waals surface area (Å²) in [6.07, 6.45) is 2.39. The van der Waals surface area contributed by atoms with Crippen LogP contribution in [0.5, 0.6) is 0 Å². The molecule has 0 atom stereocenters. The Bertz CT molecular complexity index is 1400. The van der Waals surface area contributed by atoms with Gasteiger partial charge in [-0.15, -0.1) is 0 Å². The molecule has 8 heteroatoms. The maximum atomic E-state index is 13.1. The van der Waals surface area contributed by atoms with E-state index >= 15 is 0 Å². The molecule has 0 spiro atoms. The molecule has 1 fully saturated rings. The van der Waals surface area contributed by atoms with Crippen LogP contribution in [0.25, 0.3) is 11.3 Å². The number of aldehydes is 2. The highest BCUT2D eigenvalue weighted by molar-refractivity contribution is 6.20. The van der Waals surface area contributed by atoms with Crippen LogP contribution in [0.15, 0.2) is 66.7 Å². The second-order valence-corrected chi connectivity index (χ2v) is 9.60. The first-order chi connectivity index (χ1) is 19.1. The molecule has 39 heavy (non-hydrogen) atoms. The SMILES string of the molecule is CNc1cc(C=O)ccc1/C(C=O)=C(/Nc1ccc2c(c1)CCN2C(=O)CN1CCOCC1)c1ccccc1. The summed E-state index contributed by atoms with van der Waals surface area (Å²) < 4.78 is 5.40. The van der Waals surface area contributed by atoms with Crippen LogP contribution < -0.4 is 15.5 Å². The molecule has 3 aromatic carbocycles. The van der Waals surface area contributed by atoms with Crippen molar-refractivity contribution in [2.24, 2.45) is 0 Å². The molecule has 2 aliphatic heterocycles. The van der Waals surface area contributed by atoms with E-state index < -0.39 is 0 Å². The fourth-order valence-electron chi connectivity index (χ4n) is 5.15. The third kappa shape index (κ3) is 5.77. The highest BCUT2D eigenvalue weighted by atomic mass is 16.5. The molecule has 0 unspecified atom stereocenters. The van der Waals surface area contributed by atoms with E-state index in [1.807, 2.05) is 47.4 Å². The van der Waals surface area contributed by atoms with Crippen LogP contribution >= 0.6 is 0 Å². The molecule has 0 aromatic heterocycles. The predicted octanol–water partition coefficient (Wildman–Crippen LogP) is 3.94. The zero-order chi connectivity index (χ0) is 27.2.